The first kappa shape index (κ1) is 9.93. The van der Waals surface area contributed by atoms with Gasteiger partial charge in [0.25, 0.3) is 0 Å². The molecule has 0 aliphatic carbocycles. The van der Waals surface area contributed by atoms with Crippen LogP contribution in [0, 0.1) is 6.92 Å². The summed E-state index contributed by atoms with van der Waals surface area (Å²) in [6.45, 7) is 1.91. The number of nitrogen functional groups attached to an aromatic ring is 1. The van der Waals surface area contributed by atoms with Crippen LogP contribution in [0.2, 0.25) is 5.02 Å². The van der Waals surface area contributed by atoms with Gasteiger partial charge in [0.05, 0.1) is 5.69 Å². The average Bonchev–Trinajstić information content (AvgIpc) is 2.23. The Labute approximate surface area is 92.9 Å². The maximum absolute atomic E-state index is 5.80. The zero-order valence-electron chi connectivity index (χ0n) is 8.24. The van der Waals surface area contributed by atoms with Gasteiger partial charge in [-0.1, -0.05) is 23.7 Å². The highest BCUT2D eigenvalue weighted by molar-refractivity contribution is 6.30. The lowest BCUT2D eigenvalue weighted by Gasteiger charge is -2.02. The van der Waals surface area contributed by atoms with Crippen molar-refractivity contribution in [2.45, 2.75) is 6.92 Å². The SMILES string of the molecule is Cc1cc(-c2ccc(Cl)cc2)nnc1N. The molecular weight excluding hydrogens is 210 g/mol. The Balaban J connectivity index is 2.45. The van der Waals surface area contributed by atoms with Crippen LogP contribution in [0.3, 0.4) is 0 Å². The first-order valence-corrected chi connectivity index (χ1v) is 4.90. The summed E-state index contributed by atoms with van der Waals surface area (Å²) in [5.41, 5.74) is 8.31. The molecule has 15 heavy (non-hydrogen) atoms. The third kappa shape index (κ3) is 2.07. The minimum absolute atomic E-state index is 0.465. The number of rotatable bonds is 1. The quantitative estimate of drug-likeness (QED) is 0.802. The molecule has 0 spiro atoms. The second-order valence-electron chi connectivity index (χ2n) is 3.30. The van der Waals surface area contributed by atoms with Gasteiger partial charge in [-0.15, -0.1) is 10.2 Å². The van der Waals surface area contributed by atoms with Gasteiger partial charge in [0, 0.05) is 10.6 Å². The average molecular weight is 220 g/mol. The van der Waals surface area contributed by atoms with Crippen LogP contribution in [0.15, 0.2) is 30.3 Å². The maximum atomic E-state index is 5.80. The molecule has 0 aliphatic rings. The summed E-state index contributed by atoms with van der Waals surface area (Å²) in [7, 11) is 0. The van der Waals surface area contributed by atoms with Crippen molar-refractivity contribution in [2.24, 2.45) is 0 Å². The van der Waals surface area contributed by atoms with Gasteiger partial charge in [-0.2, -0.15) is 0 Å². The molecule has 0 unspecified atom stereocenters. The highest BCUT2D eigenvalue weighted by Gasteiger charge is 2.02. The Kier molecular flexibility index (Phi) is 2.56. The molecule has 4 heteroatoms. The molecular formula is C11H10ClN3. The molecule has 3 nitrogen and oxygen atoms in total. The lowest BCUT2D eigenvalue weighted by atomic mass is 10.1. The van der Waals surface area contributed by atoms with Crippen LogP contribution < -0.4 is 5.73 Å². The molecule has 1 aromatic heterocycles. The zero-order valence-corrected chi connectivity index (χ0v) is 8.99. The first-order chi connectivity index (χ1) is 7.16. The van der Waals surface area contributed by atoms with E-state index in [0.717, 1.165) is 16.8 Å². The monoisotopic (exact) mass is 219 g/mol. The molecule has 0 saturated heterocycles. The number of benzene rings is 1. The Morgan fingerprint density at radius 2 is 1.80 bits per heavy atom. The third-order valence-electron chi connectivity index (χ3n) is 2.16. The van der Waals surface area contributed by atoms with E-state index < -0.39 is 0 Å². The normalized spacial score (nSPS) is 10.3. The predicted octanol–water partition coefficient (Wildman–Crippen LogP) is 2.69. The summed E-state index contributed by atoms with van der Waals surface area (Å²) in [5.74, 6) is 0.465. The smallest absolute Gasteiger partial charge is 0.149 e. The molecule has 2 N–H and O–H groups in total. The molecule has 0 amide bonds. The van der Waals surface area contributed by atoms with E-state index >= 15 is 0 Å². The standard InChI is InChI=1S/C11H10ClN3/c1-7-6-10(14-15-11(7)13)8-2-4-9(12)5-3-8/h2-6H,1H3,(H2,13,15). The number of hydrogen-bond acceptors (Lipinski definition) is 3. The predicted molar refractivity (Wildman–Crippen MR) is 61.6 cm³/mol. The summed E-state index contributed by atoms with van der Waals surface area (Å²) < 4.78 is 0. The summed E-state index contributed by atoms with van der Waals surface area (Å²) >= 11 is 5.80. The van der Waals surface area contributed by atoms with Gasteiger partial charge < -0.3 is 5.73 Å². The molecule has 0 radical (unpaired) electrons. The first-order valence-electron chi connectivity index (χ1n) is 4.52. The fourth-order valence-corrected chi connectivity index (χ4v) is 1.38. The van der Waals surface area contributed by atoms with Crippen LogP contribution in [0.1, 0.15) is 5.56 Å². The van der Waals surface area contributed by atoms with Gasteiger partial charge >= 0.3 is 0 Å². The molecule has 0 bridgehead atoms. The van der Waals surface area contributed by atoms with Gasteiger partial charge in [-0.3, -0.25) is 0 Å². The molecule has 2 aromatic rings. The van der Waals surface area contributed by atoms with Crippen molar-refractivity contribution in [1.29, 1.82) is 0 Å². The van der Waals surface area contributed by atoms with E-state index in [1.807, 2.05) is 37.3 Å². The summed E-state index contributed by atoms with van der Waals surface area (Å²) in [5, 5.41) is 8.60. The Morgan fingerprint density at radius 3 is 2.40 bits per heavy atom. The second-order valence-corrected chi connectivity index (χ2v) is 3.74. The van der Waals surface area contributed by atoms with Crippen LogP contribution in [0.5, 0.6) is 0 Å². The van der Waals surface area contributed by atoms with Crippen LogP contribution in [0.4, 0.5) is 5.82 Å². The van der Waals surface area contributed by atoms with Crippen molar-refractivity contribution in [3.63, 3.8) is 0 Å². The number of nitrogens with two attached hydrogens (primary N) is 1. The van der Waals surface area contributed by atoms with Crippen molar-refractivity contribution >= 4 is 17.4 Å². The molecule has 0 fully saturated rings. The molecule has 0 aliphatic heterocycles. The van der Waals surface area contributed by atoms with E-state index in [2.05, 4.69) is 10.2 Å². The Hall–Kier alpha value is -1.61. The van der Waals surface area contributed by atoms with E-state index in [1.54, 1.807) is 0 Å². The second kappa shape index (κ2) is 3.87. The molecule has 1 heterocycles. The number of aromatic nitrogens is 2. The van der Waals surface area contributed by atoms with Crippen molar-refractivity contribution in [1.82, 2.24) is 10.2 Å². The van der Waals surface area contributed by atoms with Gasteiger partial charge in [0.15, 0.2) is 0 Å². The maximum Gasteiger partial charge on any atom is 0.149 e. The third-order valence-corrected chi connectivity index (χ3v) is 2.41. The number of anilines is 1. The number of hydrogen-bond donors (Lipinski definition) is 1. The molecule has 1 aromatic carbocycles. The minimum atomic E-state index is 0.465. The highest BCUT2D eigenvalue weighted by atomic mass is 35.5. The zero-order chi connectivity index (χ0) is 10.8. The van der Waals surface area contributed by atoms with Crippen LogP contribution in [-0.4, -0.2) is 10.2 Å². The van der Waals surface area contributed by atoms with Crippen LogP contribution in [0.25, 0.3) is 11.3 Å². The number of nitrogens with zero attached hydrogens (tertiary/aromatic N) is 2. The van der Waals surface area contributed by atoms with Crippen molar-refractivity contribution < 1.29 is 0 Å². The van der Waals surface area contributed by atoms with Gasteiger partial charge in [0.2, 0.25) is 0 Å². The topological polar surface area (TPSA) is 51.8 Å². The summed E-state index contributed by atoms with van der Waals surface area (Å²) in [6, 6.07) is 9.37. The van der Waals surface area contributed by atoms with Crippen LogP contribution >= 0.6 is 11.6 Å². The summed E-state index contributed by atoms with van der Waals surface area (Å²) in [6.07, 6.45) is 0. The van der Waals surface area contributed by atoms with E-state index in [1.165, 1.54) is 0 Å². The number of halogens is 1. The van der Waals surface area contributed by atoms with E-state index in [0.29, 0.717) is 10.8 Å². The molecule has 0 atom stereocenters. The Morgan fingerprint density at radius 1 is 1.13 bits per heavy atom. The van der Waals surface area contributed by atoms with Crippen LogP contribution in [-0.2, 0) is 0 Å². The van der Waals surface area contributed by atoms with E-state index in [-0.39, 0.29) is 0 Å². The largest absolute Gasteiger partial charge is 0.382 e. The molecule has 0 saturated carbocycles. The van der Waals surface area contributed by atoms with E-state index in [4.69, 9.17) is 17.3 Å². The van der Waals surface area contributed by atoms with Gasteiger partial charge in [0.1, 0.15) is 5.82 Å². The van der Waals surface area contributed by atoms with E-state index in [9.17, 15) is 0 Å². The lowest BCUT2D eigenvalue weighted by molar-refractivity contribution is 1.03. The minimum Gasteiger partial charge on any atom is -0.382 e. The summed E-state index contributed by atoms with van der Waals surface area (Å²) in [4.78, 5) is 0. The number of aryl methyl sites for hydroxylation is 1. The van der Waals surface area contributed by atoms with Crippen molar-refractivity contribution in [3.8, 4) is 11.3 Å². The Bertz CT molecular complexity index is 480. The fraction of sp³-hybridized carbons (Fsp3) is 0.0909. The van der Waals surface area contributed by atoms with Gasteiger partial charge in [-0.25, -0.2) is 0 Å². The molecule has 76 valence electrons. The van der Waals surface area contributed by atoms with Crippen molar-refractivity contribution in [3.05, 3.63) is 40.9 Å². The highest BCUT2D eigenvalue weighted by Crippen LogP contribution is 2.20. The van der Waals surface area contributed by atoms with Crippen molar-refractivity contribution in [2.75, 3.05) is 5.73 Å². The fourth-order valence-electron chi connectivity index (χ4n) is 1.26. The lowest BCUT2D eigenvalue weighted by Crippen LogP contribution is -1.97. The molecule has 2 rings (SSSR count). The van der Waals surface area contributed by atoms with Gasteiger partial charge in [-0.05, 0) is 30.7 Å².